The third kappa shape index (κ3) is 3.25. The Morgan fingerprint density at radius 1 is 1.27 bits per heavy atom. The molecule has 0 amide bonds. The van der Waals surface area contributed by atoms with E-state index in [9.17, 15) is 0 Å². The Morgan fingerprint density at radius 3 is 2.40 bits per heavy atom. The predicted octanol–water partition coefficient (Wildman–Crippen LogP) is 3.54. The van der Waals surface area contributed by atoms with Gasteiger partial charge in [0.1, 0.15) is 0 Å². The van der Waals surface area contributed by atoms with Crippen LogP contribution in [-0.2, 0) is 0 Å². The molecule has 0 radical (unpaired) electrons. The van der Waals surface area contributed by atoms with Crippen LogP contribution in [-0.4, -0.2) is 12.0 Å². The first kappa shape index (κ1) is 14.5. The fraction of sp³-hybridized carbons (Fsp3) is 0.545. The second-order valence-electron chi connectivity index (χ2n) is 3.80. The molecule has 1 fully saturated rings. The molecule has 15 heavy (non-hydrogen) atoms. The van der Waals surface area contributed by atoms with Gasteiger partial charge < -0.3 is 5.32 Å². The van der Waals surface area contributed by atoms with Crippen LogP contribution < -0.4 is 5.32 Å². The summed E-state index contributed by atoms with van der Waals surface area (Å²) in [5, 5.41) is 3.17. The van der Waals surface area contributed by atoms with Gasteiger partial charge in [0.2, 0.25) is 0 Å². The Morgan fingerprint density at radius 2 is 1.93 bits per heavy atom. The van der Waals surface area contributed by atoms with Gasteiger partial charge in [-0.1, -0.05) is 6.42 Å². The second kappa shape index (κ2) is 6.19. The maximum atomic E-state index is 4.56. The maximum absolute atomic E-state index is 4.56. The number of halogens is 2. The average Bonchev–Trinajstić information content (AvgIpc) is 2.00. The molecule has 0 atom stereocenters. The van der Waals surface area contributed by atoms with E-state index in [2.05, 4.69) is 29.4 Å². The quantitative estimate of drug-likeness (QED) is 0.867. The largest absolute Gasteiger partial charge is 0.388 e. The smallest absolute Gasteiger partial charge is 0.0458 e. The highest BCUT2D eigenvalue weighted by Gasteiger charge is 2.21. The molecule has 1 aromatic heterocycles. The lowest BCUT2D eigenvalue weighted by Gasteiger charge is -2.25. The minimum Gasteiger partial charge on any atom is -0.388 e. The van der Waals surface area contributed by atoms with Gasteiger partial charge in [0.05, 0.1) is 0 Å². The summed E-state index contributed by atoms with van der Waals surface area (Å²) in [6.45, 7) is 2.06. The SMILES string of the molecule is CNc1cc(C)nc(C2CCC2)c1.Cl.Cl. The molecule has 4 heteroatoms. The Bertz CT molecular complexity index is 311. The monoisotopic (exact) mass is 248 g/mol. The summed E-state index contributed by atoms with van der Waals surface area (Å²) >= 11 is 0. The highest BCUT2D eigenvalue weighted by molar-refractivity contribution is 5.85. The molecule has 1 aliphatic rings. The van der Waals surface area contributed by atoms with Crippen molar-refractivity contribution >= 4 is 30.5 Å². The van der Waals surface area contributed by atoms with Crippen molar-refractivity contribution in [3.63, 3.8) is 0 Å². The number of anilines is 1. The molecule has 0 bridgehead atoms. The average molecular weight is 249 g/mol. The number of nitrogens with zero attached hydrogens (tertiary/aromatic N) is 1. The number of rotatable bonds is 2. The van der Waals surface area contributed by atoms with Crippen molar-refractivity contribution in [3.8, 4) is 0 Å². The van der Waals surface area contributed by atoms with Gasteiger partial charge >= 0.3 is 0 Å². The maximum Gasteiger partial charge on any atom is 0.0458 e. The van der Waals surface area contributed by atoms with Crippen molar-refractivity contribution in [2.75, 3.05) is 12.4 Å². The van der Waals surface area contributed by atoms with Gasteiger partial charge in [-0.25, -0.2) is 0 Å². The van der Waals surface area contributed by atoms with Crippen LogP contribution >= 0.6 is 24.8 Å². The topological polar surface area (TPSA) is 24.9 Å². The van der Waals surface area contributed by atoms with Crippen LogP contribution in [0.2, 0.25) is 0 Å². The minimum atomic E-state index is 0. The zero-order valence-corrected chi connectivity index (χ0v) is 10.8. The van der Waals surface area contributed by atoms with Gasteiger partial charge in [-0.3, -0.25) is 4.98 Å². The molecule has 1 N–H and O–H groups in total. The molecule has 0 saturated heterocycles. The number of aryl methyl sites for hydroxylation is 1. The lowest BCUT2D eigenvalue weighted by atomic mass is 9.82. The van der Waals surface area contributed by atoms with Gasteiger partial charge in [0.25, 0.3) is 0 Å². The van der Waals surface area contributed by atoms with E-state index in [1.165, 1.54) is 30.6 Å². The van der Waals surface area contributed by atoms with Crippen molar-refractivity contribution in [3.05, 3.63) is 23.5 Å². The van der Waals surface area contributed by atoms with Crippen LogP contribution in [0.5, 0.6) is 0 Å². The Labute approximate surface area is 104 Å². The fourth-order valence-corrected chi connectivity index (χ4v) is 1.75. The van der Waals surface area contributed by atoms with Crippen molar-refractivity contribution in [2.24, 2.45) is 0 Å². The van der Waals surface area contributed by atoms with Gasteiger partial charge in [0.15, 0.2) is 0 Å². The molecule has 1 aromatic rings. The first-order valence-electron chi connectivity index (χ1n) is 4.96. The van der Waals surface area contributed by atoms with Crippen LogP contribution in [0.4, 0.5) is 5.69 Å². The van der Waals surface area contributed by atoms with Gasteiger partial charge in [0, 0.05) is 30.0 Å². The van der Waals surface area contributed by atoms with E-state index in [4.69, 9.17) is 0 Å². The molecule has 0 aliphatic heterocycles. The summed E-state index contributed by atoms with van der Waals surface area (Å²) in [6, 6.07) is 4.26. The van der Waals surface area contributed by atoms with Crippen molar-refractivity contribution in [1.29, 1.82) is 0 Å². The van der Waals surface area contributed by atoms with E-state index in [0.29, 0.717) is 0 Å². The highest BCUT2D eigenvalue weighted by Crippen LogP contribution is 2.36. The van der Waals surface area contributed by atoms with Gasteiger partial charge in [-0.15, -0.1) is 24.8 Å². The fourth-order valence-electron chi connectivity index (χ4n) is 1.75. The number of hydrogen-bond donors (Lipinski definition) is 1. The van der Waals surface area contributed by atoms with Crippen molar-refractivity contribution in [1.82, 2.24) is 4.98 Å². The van der Waals surface area contributed by atoms with E-state index in [-0.39, 0.29) is 24.8 Å². The standard InChI is InChI=1S/C11H16N2.2ClH/c1-8-6-10(12-2)7-11(13-8)9-4-3-5-9;;/h6-7,9H,3-5H2,1-2H3,(H,12,13);2*1H. The third-order valence-electron chi connectivity index (χ3n) is 2.79. The molecule has 2 nitrogen and oxygen atoms in total. The first-order chi connectivity index (χ1) is 6.29. The number of nitrogens with one attached hydrogen (secondary N) is 1. The number of aromatic nitrogens is 1. The highest BCUT2D eigenvalue weighted by atomic mass is 35.5. The van der Waals surface area contributed by atoms with E-state index in [0.717, 1.165) is 11.6 Å². The van der Waals surface area contributed by atoms with Crippen molar-refractivity contribution in [2.45, 2.75) is 32.1 Å². The molecular weight excluding hydrogens is 231 g/mol. The van der Waals surface area contributed by atoms with E-state index in [1.54, 1.807) is 0 Å². The van der Waals surface area contributed by atoms with Crippen LogP contribution in [0.15, 0.2) is 12.1 Å². The summed E-state index contributed by atoms with van der Waals surface area (Å²) in [5.74, 6) is 0.729. The number of pyridine rings is 1. The lowest BCUT2D eigenvalue weighted by molar-refractivity contribution is 0.411. The summed E-state index contributed by atoms with van der Waals surface area (Å²) in [7, 11) is 1.96. The second-order valence-corrected chi connectivity index (χ2v) is 3.80. The van der Waals surface area contributed by atoms with Gasteiger partial charge in [-0.2, -0.15) is 0 Å². The van der Waals surface area contributed by atoms with Crippen LogP contribution in [0, 0.1) is 6.92 Å². The Hall–Kier alpha value is -0.470. The first-order valence-corrected chi connectivity index (χ1v) is 4.96. The Kier molecular flexibility index (Phi) is 5.99. The van der Waals surface area contributed by atoms with E-state index < -0.39 is 0 Å². The molecular formula is C11H18Cl2N2. The van der Waals surface area contributed by atoms with E-state index in [1.807, 2.05) is 7.05 Å². The minimum absolute atomic E-state index is 0. The van der Waals surface area contributed by atoms with Crippen LogP contribution in [0.1, 0.15) is 36.6 Å². The molecule has 0 aromatic carbocycles. The molecule has 1 aliphatic carbocycles. The zero-order chi connectivity index (χ0) is 9.26. The lowest BCUT2D eigenvalue weighted by Crippen LogP contribution is -2.11. The summed E-state index contributed by atoms with van der Waals surface area (Å²) in [6.07, 6.45) is 4.01. The zero-order valence-electron chi connectivity index (χ0n) is 9.12. The van der Waals surface area contributed by atoms with Crippen molar-refractivity contribution < 1.29 is 0 Å². The van der Waals surface area contributed by atoms with Crippen LogP contribution in [0.3, 0.4) is 0 Å². The normalized spacial score (nSPS) is 14.5. The molecule has 1 saturated carbocycles. The molecule has 0 unspecified atom stereocenters. The summed E-state index contributed by atoms with van der Waals surface area (Å²) < 4.78 is 0. The predicted molar refractivity (Wildman–Crippen MR) is 69.6 cm³/mol. The number of hydrogen-bond acceptors (Lipinski definition) is 2. The third-order valence-corrected chi connectivity index (χ3v) is 2.79. The molecule has 2 rings (SSSR count). The molecule has 1 heterocycles. The Balaban J connectivity index is 0.000000980. The molecule has 86 valence electrons. The summed E-state index contributed by atoms with van der Waals surface area (Å²) in [4.78, 5) is 4.56. The van der Waals surface area contributed by atoms with Gasteiger partial charge in [-0.05, 0) is 31.9 Å². The van der Waals surface area contributed by atoms with E-state index >= 15 is 0 Å². The van der Waals surface area contributed by atoms with Crippen LogP contribution in [0.25, 0.3) is 0 Å². The summed E-state index contributed by atoms with van der Waals surface area (Å²) in [5.41, 5.74) is 3.58. The molecule has 0 spiro atoms.